The second kappa shape index (κ2) is 12.5. The number of fused-ring (bicyclic) bond motifs is 2. The van der Waals surface area contributed by atoms with Crippen LogP contribution in [0, 0.1) is 24.0 Å². The average molecular weight is 635 g/mol. The number of hydrogen-bond donors (Lipinski definition) is 0. The maximum absolute atomic E-state index is 16.7. The van der Waals surface area contributed by atoms with Gasteiger partial charge in [-0.05, 0) is 55.6 Å². The Morgan fingerprint density at radius 2 is 1.98 bits per heavy atom. The van der Waals surface area contributed by atoms with Crippen molar-refractivity contribution in [3.8, 4) is 17.1 Å². The van der Waals surface area contributed by atoms with Crippen molar-refractivity contribution >= 4 is 45.0 Å². The van der Waals surface area contributed by atoms with Crippen molar-refractivity contribution in [2.45, 2.75) is 24.9 Å². The van der Waals surface area contributed by atoms with Crippen molar-refractivity contribution in [2.75, 3.05) is 51.3 Å². The Morgan fingerprint density at radius 1 is 1.16 bits per heavy atom. The first-order valence-corrected chi connectivity index (χ1v) is 15.0. The number of amides is 1. The monoisotopic (exact) mass is 634 g/mol. The first-order valence-electron chi connectivity index (χ1n) is 14.6. The van der Waals surface area contributed by atoms with Crippen molar-refractivity contribution in [1.29, 1.82) is 0 Å². The van der Waals surface area contributed by atoms with Crippen LogP contribution in [0.5, 0.6) is 6.01 Å². The normalized spacial score (nSPS) is 18.8. The number of rotatable bonds is 7. The summed E-state index contributed by atoms with van der Waals surface area (Å²) >= 11 is 6.32. The first-order chi connectivity index (χ1) is 21.7. The molecule has 2 saturated heterocycles. The number of carbonyl (C=O) groups is 1. The number of ether oxygens (including phenoxy) is 1. The summed E-state index contributed by atoms with van der Waals surface area (Å²) in [5, 5.41) is 0.550. The van der Waals surface area contributed by atoms with Gasteiger partial charge in [0.05, 0.1) is 10.6 Å². The molecule has 0 bridgehead atoms. The van der Waals surface area contributed by atoms with Gasteiger partial charge in [-0.3, -0.25) is 4.79 Å². The summed E-state index contributed by atoms with van der Waals surface area (Å²) in [4.78, 5) is 30.6. The highest BCUT2D eigenvalue weighted by Crippen LogP contribution is 2.41. The van der Waals surface area contributed by atoms with Gasteiger partial charge < -0.3 is 24.3 Å². The Labute approximate surface area is 263 Å². The van der Waals surface area contributed by atoms with E-state index in [1.165, 1.54) is 24.3 Å². The highest BCUT2D eigenvalue weighted by Gasteiger charge is 2.34. The Bertz CT molecular complexity index is 1860. The first kappa shape index (κ1) is 30.6. The molecule has 2 aliphatic heterocycles. The highest BCUT2D eigenvalue weighted by atomic mass is 35.5. The van der Waals surface area contributed by atoms with Crippen molar-refractivity contribution in [1.82, 2.24) is 19.8 Å². The molecule has 8 nitrogen and oxygen atoms in total. The number of halogens is 4. The third-order valence-electron chi connectivity index (χ3n) is 8.67. The Balaban J connectivity index is 1.51. The van der Waals surface area contributed by atoms with Gasteiger partial charge in [-0.25, -0.2) is 19.7 Å². The predicted octanol–water partition coefficient (Wildman–Crippen LogP) is 6.12. The highest BCUT2D eigenvalue weighted by molar-refractivity contribution is 6.37. The van der Waals surface area contributed by atoms with Gasteiger partial charge in [0.1, 0.15) is 35.6 Å². The zero-order chi connectivity index (χ0) is 31.8. The number of likely N-dealkylation sites (tertiary alicyclic amines) is 1. The van der Waals surface area contributed by atoms with Crippen LogP contribution in [0.2, 0.25) is 5.02 Å². The van der Waals surface area contributed by atoms with E-state index < -0.39 is 29.1 Å². The molecule has 0 N–H and O–H groups in total. The van der Waals surface area contributed by atoms with Crippen LogP contribution < -0.4 is 9.64 Å². The summed E-state index contributed by atoms with van der Waals surface area (Å²) in [5.41, 5.74) is -0.501. The fraction of sp³-hybridized carbons (Fsp3) is 0.333. The van der Waals surface area contributed by atoms with Gasteiger partial charge in [-0.1, -0.05) is 42.4 Å². The second-order valence-electron chi connectivity index (χ2n) is 11.3. The van der Waals surface area contributed by atoms with Gasteiger partial charge in [-0.2, -0.15) is 9.97 Å². The Morgan fingerprint density at radius 3 is 2.71 bits per heavy atom. The second-order valence-corrected chi connectivity index (χ2v) is 11.7. The smallest absolute Gasteiger partial charge is 0.319 e. The van der Waals surface area contributed by atoms with Crippen molar-refractivity contribution < 1.29 is 22.7 Å². The van der Waals surface area contributed by atoms with Crippen LogP contribution in [0.15, 0.2) is 49.1 Å². The molecule has 0 radical (unpaired) electrons. The Kier molecular flexibility index (Phi) is 8.53. The molecule has 0 spiro atoms. The number of hydrogen-bond acceptors (Lipinski definition) is 6. The minimum atomic E-state index is -0.970. The average Bonchev–Trinajstić information content (AvgIpc) is 3.45. The number of likely N-dealkylation sites (N-methyl/N-ethyl adjacent to an activating group) is 1. The van der Waals surface area contributed by atoms with Crippen molar-refractivity contribution in [3.05, 3.63) is 82.9 Å². The number of piperazine rings is 1. The van der Waals surface area contributed by atoms with Gasteiger partial charge in [0.15, 0.2) is 5.82 Å². The molecule has 2 fully saturated rings. The summed E-state index contributed by atoms with van der Waals surface area (Å²) in [6, 6.07) is 8.21. The van der Waals surface area contributed by atoms with E-state index in [9.17, 15) is 9.18 Å². The summed E-state index contributed by atoms with van der Waals surface area (Å²) in [6.45, 7) is 13.0. The molecule has 1 amide bonds. The van der Waals surface area contributed by atoms with E-state index in [0.29, 0.717) is 5.39 Å². The van der Waals surface area contributed by atoms with Crippen LogP contribution >= 0.6 is 11.6 Å². The van der Waals surface area contributed by atoms with Gasteiger partial charge >= 0.3 is 6.01 Å². The molecule has 4 aromatic rings. The lowest BCUT2D eigenvalue weighted by molar-refractivity contribution is -0.128. The third-order valence-corrected chi connectivity index (χ3v) is 9.03. The molecule has 3 aromatic carbocycles. The molecule has 0 saturated carbocycles. The van der Waals surface area contributed by atoms with Crippen molar-refractivity contribution in [3.63, 3.8) is 0 Å². The summed E-state index contributed by atoms with van der Waals surface area (Å²) in [6.07, 6.45) is 3.16. The lowest BCUT2D eigenvalue weighted by atomic mass is 9.96. The fourth-order valence-electron chi connectivity index (χ4n) is 6.31. The number of anilines is 1. The molecule has 3 heterocycles. The van der Waals surface area contributed by atoms with E-state index in [1.807, 2.05) is 7.05 Å². The third kappa shape index (κ3) is 5.64. The lowest BCUT2D eigenvalue weighted by Crippen LogP contribution is -2.56. The fourth-order valence-corrected chi connectivity index (χ4v) is 6.58. The summed E-state index contributed by atoms with van der Waals surface area (Å²) in [7, 11) is 2.00. The molecule has 6 rings (SSSR count). The number of benzene rings is 3. The van der Waals surface area contributed by atoms with E-state index in [0.717, 1.165) is 25.5 Å². The molecule has 2 aliphatic rings. The molecule has 0 aliphatic carbocycles. The van der Waals surface area contributed by atoms with Crippen LogP contribution in [0.1, 0.15) is 12.8 Å². The zero-order valence-corrected chi connectivity index (χ0v) is 25.3. The van der Waals surface area contributed by atoms with E-state index in [1.54, 1.807) is 21.9 Å². The molecular formula is C33H30ClF3N6O2. The minimum absolute atomic E-state index is 0.0295. The van der Waals surface area contributed by atoms with Gasteiger partial charge in [0.25, 0.3) is 0 Å². The van der Waals surface area contributed by atoms with Crippen LogP contribution in [-0.2, 0) is 4.79 Å². The summed E-state index contributed by atoms with van der Waals surface area (Å²) < 4.78 is 53.3. The van der Waals surface area contributed by atoms with E-state index in [2.05, 4.69) is 26.3 Å². The standard InChI is InChI=1S/C33H30ClF3N6O2/c1-4-26(44)43-14-13-42(17-21(43)16-38-2)32-23-15-25(36)28(22-9-5-7-19-10-11-24(35)29(34)27(19)22)30(37)31(23)39-33(40-32)45-18-20-8-6-12-41(20)3/h4-5,7,9-11,15,20-21H,1,6,8,12-14,16-18H2,3H3/t20-,21-/m0/s1. The number of nitrogens with zero attached hydrogens (tertiary/aromatic N) is 6. The maximum Gasteiger partial charge on any atom is 0.319 e. The maximum atomic E-state index is 16.7. The van der Waals surface area contributed by atoms with E-state index in [4.69, 9.17) is 22.9 Å². The molecule has 0 unspecified atom stereocenters. The van der Waals surface area contributed by atoms with Gasteiger partial charge in [0.2, 0.25) is 12.5 Å². The topological polar surface area (TPSA) is 66.2 Å². The predicted molar refractivity (Wildman–Crippen MR) is 168 cm³/mol. The van der Waals surface area contributed by atoms with Crippen LogP contribution in [0.4, 0.5) is 19.0 Å². The largest absolute Gasteiger partial charge is 0.462 e. The van der Waals surface area contributed by atoms with Crippen molar-refractivity contribution in [2.24, 2.45) is 0 Å². The SMILES string of the molecule is [C-]#[N+]C[C@H]1CN(c2nc(OC[C@@H]3CCCN3C)nc3c(F)c(-c4cccc5ccc(F)c(Cl)c45)c(F)cc23)CCN1C(=O)C=C. The van der Waals surface area contributed by atoms with E-state index >= 15 is 8.78 Å². The Hall–Kier alpha value is -4.40. The molecular weight excluding hydrogens is 605 g/mol. The van der Waals surface area contributed by atoms with Crippen LogP contribution in [-0.4, -0.2) is 84.1 Å². The molecule has 232 valence electrons. The number of aromatic nitrogens is 2. The number of carbonyl (C=O) groups excluding carboxylic acids is 1. The van der Waals surface area contributed by atoms with Crippen LogP contribution in [0.3, 0.4) is 0 Å². The quantitative estimate of drug-likeness (QED) is 0.180. The van der Waals surface area contributed by atoms with Gasteiger partial charge in [0, 0.05) is 36.4 Å². The zero-order valence-electron chi connectivity index (χ0n) is 24.6. The molecule has 12 heteroatoms. The van der Waals surface area contributed by atoms with Gasteiger partial charge in [-0.15, -0.1) is 0 Å². The molecule has 1 aromatic heterocycles. The minimum Gasteiger partial charge on any atom is -0.462 e. The van der Waals surface area contributed by atoms with E-state index in [-0.39, 0.29) is 83.4 Å². The molecule has 45 heavy (non-hydrogen) atoms. The summed E-state index contributed by atoms with van der Waals surface area (Å²) in [5.74, 6) is -2.66. The lowest BCUT2D eigenvalue weighted by Gasteiger charge is -2.39. The molecule has 2 atom stereocenters. The van der Waals surface area contributed by atoms with Crippen LogP contribution in [0.25, 0.3) is 37.6 Å².